The molecule has 2 aromatic rings. The Morgan fingerprint density at radius 2 is 1.40 bits per heavy atom. The van der Waals surface area contributed by atoms with Crippen molar-refractivity contribution in [1.82, 2.24) is 0 Å². The Kier molecular flexibility index (Phi) is 7.06. The molecule has 0 fully saturated rings. The molecule has 0 radical (unpaired) electrons. The Hall–Kier alpha value is -2.14. The fourth-order valence-corrected chi connectivity index (χ4v) is 1.34. The Balaban J connectivity index is 0.000000217. The second-order valence-electron chi connectivity index (χ2n) is 4.06. The van der Waals surface area contributed by atoms with Gasteiger partial charge in [0, 0.05) is 24.5 Å². The van der Waals surface area contributed by atoms with E-state index >= 15 is 0 Å². The number of benzene rings is 2. The molecule has 0 unspecified atom stereocenters. The number of anilines is 2. The maximum atomic E-state index is 12.4. The molecule has 2 rings (SSSR count). The maximum absolute atomic E-state index is 12.4. The molecule has 0 saturated carbocycles. The van der Waals surface area contributed by atoms with Gasteiger partial charge in [-0.3, -0.25) is 0 Å². The van der Waals surface area contributed by atoms with Crippen LogP contribution in [0.5, 0.6) is 0 Å². The molecule has 0 aliphatic carbocycles. The number of hydrogen-bond acceptors (Lipinski definition) is 3. The molecule has 0 heterocycles. The Morgan fingerprint density at radius 3 is 1.85 bits per heavy atom. The number of aliphatic hydroxyl groups excluding tert-OH is 1. The molecule has 2 aromatic carbocycles. The topological polar surface area (TPSA) is 58.3 Å². The molecule has 0 amide bonds. The van der Waals surface area contributed by atoms with Crippen molar-refractivity contribution in [1.29, 1.82) is 0 Å². The largest absolute Gasteiger partial charge is 0.399 e. The molecule has 20 heavy (non-hydrogen) atoms. The average Bonchev–Trinajstić information content (AvgIpc) is 2.45. The molecule has 0 aliphatic rings. The summed E-state index contributed by atoms with van der Waals surface area (Å²) >= 11 is 0. The van der Waals surface area contributed by atoms with Gasteiger partial charge in [-0.05, 0) is 55.0 Å². The number of nitrogens with two attached hydrogens (primary N) is 1. The lowest BCUT2D eigenvalue weighted by Crippen LogP contribution is -2.02. The van der Waals surface area contributed by atoms with Crippen LogP contribution in [-0.2, 0) is 0 Å². The van der Waals surface area contributed by atoms with Gasteiger partial charge in [-0.2, -0.15) is 0 Å². The van der Waals surface area contributed by atoms with E-state index in [1.807, 2.05) is 0 Å². The highest BCUT2D eigenvalue weighted by atomic mass is 19.1. The highest BCUT2D eigenvalue weighted by Gasteiger charge is 1.91. The lowest BCUT2D eigenvalue weighted by molar-refractivity contribution is 0.292. The zero-order chi connectivity index (χ0) is 14.8. The summed E-state index contributed by atoms with van der Waals surface area (Å²) in [6.45, 7) is 0.885. The van der Waals surface area contributed by atoms with Crippen molar-refractivity contribution in [2.45, 2.75) is 6.42 Å². The number of aliphatic hydroxyl groups is 1. The minimum absolute atomic E-state index is 0.175. The highest BCUT2D eigenvalue weighted by Crippen LogP contribution is 2.07. The van der Waals surface area contributed by atoms with Gasteiger partial charge in [0.1, 0.15) is 11.6 Å². The van der Waals surface area contributed by atoms with Crippen molar-refractivity contribution >= 4 is 11.4 Å². The van der Waals surface area contributed by atoms with Crippen molar-refractivity contribution in [2.75, 3.05) is 24.2 Å². The summed E-state index contributed by atoms with van der Waals surface area (Å²) in [4.78, 5) is 0. The summed E-state index contributed by atoms with van der Waals surface area (Å²) in [5.74, 6) is -0.484. The van der Waals surface area contributed by atoms with Crippen LogP contribution in [0.4, 0.5) is 20.2 Å². The van der Waals surface area contributed by atoms with Crippen LogP contribution in [0.2, 0.25) is 0 Å². The fraction of sp³-hybridized carbons (Fsp3) is 0.200. The third kappa shape index (κ3) is 6.70. The molecule has 0 bridgehead atoms. The fourth-order valence-electron chi connectivity index (χ4n) is 1.34. The van der Waals surface area contributed by atoms with Crippen LogP contribution in [0.3, 0.4) is 0 Å². The predicted octanol–water partition coefficient (Wildman–Crippen LogP) is 3.03. The van der Waals surface area contributed by atoms with Gasteiger partial charge in [0.25, 0.3) is 0 Å². The van der Waals surface area contributed by atoms with Crippen molar-refractivity contribution in [3.05, 3.63) is 60.2 Å². The van der Waals surface area contributed by atoms with Gasteiger partial charge in [0.15, 0.2) is 0 Å². The maximum Gasteiger partial charge on any atom is 0.123 e. The number of rotatable bonds is 4. The van der Waals surface area contributed by atoms with Crippen LogP contribution in [-0.4, -0.2) is 18.3 Å². The Bertz CT molecular complexity index is 465. The Labute approximate surface area is 117 Å². The van der Waals surface area contributed by atoms with E-state index in [0.29, 0.717) is 18.7 Å². The summed E-state index contributed by atoms with van der Waals surface area (Å²) in [5.41, 5.74) is 6.73. The highest BCUT2D eigenvalue weighted by molar-refractivity contribution is 5.42. The predicted molar refractivity (Wildman–Crippen MR) is 77.4 cm³/mol. The minimum atomic E-state index is -0.251. The molecule has 0 spiro atoms. The first-order valence-electron chi connectivity index (χ1n) is 6.23. The number of halogens is 2. The van der Waals surface area contributed by atoms with Crippen LogP contribution in [0.1, 0.15) is 6.42 Å². The second kappa shape index (κ2) is 8.87. The minimum Gasteiger partial charge on any atom is -0.399 e. The Morgan fingerprint density at radius 1 is 0.900 bits per heavy atom. The van der Waals surface area contributed by atoms with Crippen molar-refractivity contribution in [3.8, 4) is 0 Å². The smallest absolute Gasteiger partial charge is 0.123 e. The van der Waals surface area contributed by atoms with Crippen molar-refractivity contribution in [2.24, 2.45) is 0 Å². The van der Waals surface area contributed by atoms with Gasteiger partial charge in [-0.1, -0.05) is 0 Å². The lowest BCUT2D eigenvalue weighted by Gasteiger charge is -2.03. The summed E-state index contributed by atoms with van der Waals surface area (Å²) in [5, 5.41) is 11.5. The van der Waals surface area contributed by atoms with Crippen LogP contribution >= 0.6 is 0 Å². The van der Waals surface area contributed by atoms with Gasteiger partial charge in [0.05, 0.1) is 0 Å². The quantitative estimate of drug-likeness (QED) is 0.596. The van der Waals surface area contributed by atoms with Gasteiger partial charge < -0.3 is 16.2 Å². The van der Waals surface area contributed by atoms with Gasteiger partial charge >= 0.3 is 0 Å². The van der Waals surface area contributed by atoms with Gasteiger partial charge in [-0.15, -0.1) is 0 Å². The molecule has 0 aliphatic heterocycles. The first-order valence-corrected chi connectivity index (χ1v) is 6.23. The van der Waals surface area contributed by atoms with Crippen LogP contribution in [0.25, 0.3) is 0 Å². The first-order chi connectivity index (χ1) is 9.61. The van der Waals surface area contributed by atoms with E-state index in [1.165, 1.54) is 36.4 Å². The number of nitrogen functional groups attached to an aromatic ring is 1. The van der Waals surface area contributed by atoms with E-state index in [1.54, 1.807) is 12.1 Å². The molecule has 4 N–H and O–H groups in total. The molecule has 5 heteroatoms. The van der Waals surface area contributed by atoms with E-state index in [-0.39, 0.29) is 18.2 Å². The second-order valence-corrected chi connectivity index (χ2v) is 4.06. The van der Waals surface area contributed by atoms with Crippen LogP contribution in [0, 0.1) is 11.6 Å². The van der Waals surface area contributed by atoms with Gasteiger partial charge in [-0.25, -0.2) is 8.78 Å². The molecule has 0 saturated heterocycles. The monoisotopic (exact) mass is 280 g/mol. The van der Waals surface area contributed by atoms with E-state index in [9.17, 15) is 8.78 Å². The third-order valence-electron chi connectivity index (χ3n) is 2.38. The van der Waals surface area contributed by atoms with E-state index in [2.05, 4.69) is 5.32 Å². The van der Waals surface area contributed by atoms with Crippen molar-refractivity contribution < 1.29 is 13.9 Å². The zero-order valence-electron chi connectivity index (χ0n) is 11.0. The third-order valence-corrected chi connectivity index (χ3v) is 2.38. The van der Waals surface area contributed by atoms with Crippen LogP contribution < -0.4 is 11.1 Å². The normalized spacial score (nSPS) is 9.55. The van der Waals surface area contributed by atoms with E-state index in [4.69, 9.17) is 10.8 Å². The summed E-state index contributed by atoms with van der Waals surface area (Å²) in [7, 11) is 0. The van der Waals surface area contributed by atoms with E-state index < -0.39 is 0 Å². The summed E-state index contributed by atoms with van der Waals surface area (Å²) < 4.78 is 24.4. The van der Waals surface area contributed by atoms with Crippen LogP contribution in [0.15, 0.2) is 48.5 Å². The van der Waals surface area contributed by atoms with Crippen molar-refractivity contribution in [3.63, 3.8) is 0 Å². The van der Waals surface area contributed by atoms with Gasteiger partial charge in [0.2, 0.25) is 0 Å². The molecular formula is C15H18F2N2O. The summed E-state index contributed by atoms with van der Waals surface area (Å²) in [6.07, 6.45) is 0.706. The summed E-state index contributed by atoms with van der Waals surface area (Å²) in [6, 6.07) is 11.9. The molecule has 0 atom stereocenters. The average molecular weight is 280 g/mol. The molecule has 3 nitrogen and oxygen atoms in total. The first kappa shape index (κ1) is 15.9. The SMILES string of the molecule is Nc1ccc(F)cc1.OCCCNc1ccc(F)cc1. The van der Waals surface area contributed by atoms with E-state index in [0.717, 1.165) is 5.69 Å². The number of nitrogens with one attached hydrogen (secondary N) is 1. The molecule has 0 aromatic heterocycles. The molecular weight excluding hydrogens is 262 g/mol. The zero-order valence-corrected chi connectivity index (χ0v) is 11.0. The standard InChI is InChI=1S/C9H12FNO.C6H6FN/c10-8-2-4-9(5-3-8)11-6-1-7-12;7-5-1-3-6(8)4-2-5/h2-5,11-12H,1,6-7H2;1-4H,8H2. The number of hydrogen-bond donors (Lipinski definition) is 3. The molecule has 108 valence electrons. The lowest BCUT2D eigenvalue weighted by atomic mass is 10.3.